The summed E-state index contributed by atoms with van der Waals surface area (Å²) in [6, 6.07) is 84.2. The Bertz CT molecular complexity index is 4060. The molecule has 3 heterocycles. The average molecular weight is 1050 g/mol. The van der Waals surface area contributed by atoms with Crippen LogP contribution in [0.3, 0.4) is 0 Å². The Morgan fingerprint density at radius 1 is 0.235 bits per heavy atom. The van der Waals surface area contributed by atoms with Crippen LogP contribution in [0.2, 0.25) is 0 Å². The first-order chi connectivity index (χ1) is 39.4. The van der Waals surface area contributed by atoms with Gasteiger partial charge in [0.1, 0.15) is 11.2 Å². The zero-order valence-corrected chi connectivity index (χ0v) is 46.2. The first kappa shape index (κ1) is 50.5. The van der Waals surface area contributed by atoms with Gasteiger partial charge in [-0.3, -0.25) is 0 Å². The lowest BCUT2D eigenvalue weighted by Gasteiger charge is -2.22. The average Bonchev–Trinajstić information content (AvgIpc) is 4.10. The zero-order valence-electron chi connectivity index (χ0n) is 46.2. The highest BCUT2D eigenvalue weighted by Gasteiger charge is 2.28. The minimum atomic E-state index is -0.206. The number of nitrogens with zero attached hydrogens (tertiary/aromatic N) is 6. The van der Waals surface area contributed by atoms with Crippen molar-refractivity contribution in [2.75, 3.05) is 0 Å². The molecule has 0 fully saturated rings. The van der Waals surface area contributed by atoms with Gasteiger partial charge in [0.15, 0.2) is 34.9 Å². The van der Waals surface area contributed by atoms with Crippen LogP contribution in [0.15, 0.2) is 247 Å². The Hall–Kier alpha value is -9.98. The Balaban J connectivity index is 1.02. The molecule has 0 amide bonds. The van der Waals surface area contributed by atoms with Gasteiger partial charge in [-0.2, -0.15) is 0 Å². The molecule has 0 atom stereocenters. The number of hydrogen-bond donors (Lipinski definition) is 0. The van der Waals surface area contributed by atoms with Crippen LogP contribution in [-0.2, 0) is 10.8 Å². The molecule has 0 aliphatic heterocycles. The normalized spacial score (nSPS) is 11.8. The van der Waals surface area contributed by atoms with E-state index in [-0.39, 0.29) is 10.8 Å². The van der Waals surface area contributed by atoms with Gasteiger partial charge in [0, 0.05) is 55.3 Å². The molecule has 0 unspecified atom stereocenters. The van der Waals surface area contributed by atoms with Crippen molar-refractivity contribution in [3.8, 4) is 113 Å². The van der Waals surface area contributed by atoms with Crippen LogP contribution in [0.5, 0.6) is 0 Å². The van der Waals surface area contributed by atoms with Crippen LogP contribution in [0, 0.1) is 0 Å². The van der Waals surface area contributed by atoms with Gasteiger partial charge >= 0.3 is 0 Å². The molecule has 0 saturated carbocycles. The smallest absolute Gasteiger partial charge is 0.164 e. The first-order valence-electron chi connectivity index (χ1n) is 27.6. The van der Waals surface area contributed by atoms with Gasteiger partial charge in [0.05, 0.1) is 0 Å². The molecule has 7 nitrogen and oxygen atoms in total. The lowest BCUT2D eigenvalue weighted by Crippen LogP contribution is -2.11. The third-order valence-corrected chi connectivity index (χ3v) is 15.2. The SMILES string of the molecule is CC(C)(C)c1cc(-c2ccccc2-c2ccccc2-c2nc(-c3ccccc3)nc(-c3ccccc3)n2)c2oc3c(-c4ccccc4-c4ccccc4-c4nc(-c5ccccc5)nc(-c5ccccc5)n4)cc(C(C)(C)C)cc3c2c1. The summed E-state index contributed by atoms with van der Waals surface area (Å²) < 4.78 is 7.56. The third-order valence-electron chi connectivity index (χ3n) is 15.2. The zero-order chi connectivity index (χ0) is 55.2. The van der Waals surface area contributed by atoms with Gasteiger partial charge in [0.25, 0.3) is 0 Å². The molecule has 13 aromatic rings. The lowest BCUT2D eigenvalue weighted by molar-refractivity contribution is 0.590. The highest BCUT2D eigenvalue weighted by Crippen LogP contribution is 2.49. The molecule has 0 spiro atoms. The highest BCUT2D eigenvalue weighted by atomic mass is 16.3. The summed E-state index contributed by atoms with van der Waals surface area (Å²) in [5.74, 6) is 3.63. The van der Waals surface area contributed by atoms with Crippen LogP contribution >= 0.6 is 0 Å². The predicted molar refractivity (Wildman–Crippen MR) is 332 cm³/mol. The van der Waals surface area contributed by atoms with Crippen LogP contribution < -0.4 is 0 Å². The summed E-state index contributed by atoms with van der Waals surface area (Å²) in [5, 5.41) is 2.12. The van der Waals surface area contributed by atoms with Crippen molar-refractivity contribution < 1.29 is 4.42 Å². The van der Waals surface area contributed by atoms with E-state index in [1.807, 2.05) is 121 Å². The minimum Gasteiger partial charge on any atom is -0.455 e. The molecule has 3 aromatic heterocycles. The van der Waals surface area contributed by atoms with Crippen molar-refractivity contribution in [2.24, 2.45) is 0 Å². The monoisotopic (exact) mass is 1050 g/mol. The molecule has 7 heteroatoms. The van der Waals surface area contributed by atoms with E-state index in [1.54, 1.807) is 0 Å². The van der Waals surface area contributed by atoms with Crippen molar-refractivity contribution >= 4 is 21.9 Å². The molecular weight excluding hydrogens is 989 g/mol. The maximum absolute atomic E-state index is 7.56. The number of fused-ring (bicyclic) bond motifs is 3. The number of benzene rings is 10. The van der Waals surface area contributed by atoms with Crippen LogP contribution in [0.25, 0.3) is 135 Å². The van der Waals surface area contributed by atoms with Crippen LogP contribution in [-0.4, -0.2) is 29.9 Å². The topological polar surface area (TPSA) is 90.5 Å². The summed E-state index contributed by atoms with van der Waals surface area (Å²) in [7, 11) is 0. The van der Waals surface area contributed by atoms with E-state index in [2.05, 4.69) is 163 Å². The van der Waals surface area contributed by atoms with Crippen LogP contribution in [0.1, 0.15) is 52.7 Å². The fraction of sp³-hybridized carbons (Fsp3) is 0.108. The highest BCUT2D eigenvalue weighted by molar-refractivity contribution is 6.15. The van der Waals surface area contributed by atoms with Crippen molar-refractivity contribution in [3.05, 3.63) is 254 Å². The summed E-state index contributed by atoms with van der Waals surface area (Å²) in [6.07, 6.45) is 0. The van der Waals surface area contributed by atoms with Crippen molar-refractivity contribution in [2.45, 2.75) is 52.4 Å². The lowest BCUT2D eigenvalue weighted by atomic mass is 9.81. The van der Waals surface area contributed by atoms with E-state index >= 15 is 0 Å². The summed E-state index contributed by atoms with van der Waals surface area (Å²) >= 11 is 0. The predicted octanol–water partition coefficient (Wildman–Crippen LogP) is 19.2. The molecule has 0 saturated heterocycles. The van der Waals surface area contributed by atoms with E-state index in [1.165, 1.54) is 11.1 Å². The summed E-state index contributed by atoms with van der Waals surface area (Å²) in [4.78, 5) is 30.9. The second-order valence-electron chi connectivity index (χ2n) is 22.7. The molecule has 0 bridgehead atoms. The Morgan fingerprint density at radius 3 is 0.728 bits per heavy atom. The molecule has 10 aromatic carbocycles. The molecule has 390 valence electrons. The third kappa shape index (κ3) is 9.78. The minimum absolute atomic E-state index is 0.206. The molecule has 0 aliphatic rings. The molecule has 81 heavy (non-hydrogen) atoms. The second-order valence-corrected chi connectivity index (χ2v) is 22.7. The van der Waals surface area contributed by atoms with E-state index in [0.29, 0.717) is 34.9 Å². The van der Waals surface area contributed by atoms with E-state index in [9.17, 15) is 0 Å². The van der Waals surface area contributed by atoms with Crippen molar-refractivity contribution in [1.29, 1.82) is 0 Å². The Kier molecular flexibility index (Phi) is 12.9. The van der Waals surface area contributed by atoms with Gasteiger partial charge in [0.2, 0.25) is 0 Å². The maximum Gasteiger partial charge on any atom is 0.164 e. The van der Waals surface area contributed by atoms with Crippen molar-refractivity contribution in [3.63, 3.8) is 0 Å². The van der Waals surface area contributed by atoms with Gasteiger partial charge in [-0.15, -0.1) is 0 Å². The van der Waals surface area contributed by atoms with Crippen LogP contribution in [0.4, 0.5) is 0 Å². The second kappa shape index (κ2) is 20.7. The molecule has 0 radical (unpaired) electrons. The van der Waals surface area contributed by atoms with E-state index < -0.39 is 0 Å². The van der Waals surface area contributed by atoms with Gasteiger partial charge < -0.3 is 4.42 Å². The molecular formula is C74H58N6O. The number of aromatic nitrogens is 6. The Morgan fingerprint density at radius 2 is 0.457 bits per heavy atom. The van der Waals surface area contributed by atoms with Crippen molar-refractivity contribution in [1.82, 2.24) is 29.9 Å². The number of furan rings is 1. The van der Waals surface area contributed by atoms with Gasteiger partial charge in [-0.1, -0.05) is 260 Å². The standard InChI is InChI=1S/C74H58N6O/c1-73(2,3)51-43-61(57-39-21-19-35-53(57)55-37-23-25-41-59(55)71-77-67(47-27-11-7-12-28-47)75-68(78-71)48-29-13-8-14-30-48)65-63(45-51)64-46-52(74(4,5)6)44-62(66(64)81-65)58-40-22-20-36-54(58)56-38-24-26-42-60(56)72-79-69(49-31-15-9-16-32-49)76-70(80-72)50-33-17-10-18-34-50/h7-46H,1-6H3. The quantitative estimate of drug-likeness (QED) is 0.135. The fourth-order valence-corrected chi connectivity index (χ4v) is 10.8. The fourth-order valence-electron chi connectivity index (χ4n) is 10.8. The van der Waals surface area contributed by atoms with E-state index in [4.69, 9.17) is 34.3 Å². The summed E-state index contributed by atoms with van der Waals surface area (Å²) in [6.45, 7) is 13.7. The molecule has 0 N–H and O–H groups in total. The van der Waals surface area contributed by atoms with Gasteiger partial charge in [-0.25, -0.2) is 29.9 Å². The summed E-state index contributed by atoms with van der Waals surface area (Å²) in [5.41, 5.74) is 17.2. The largest absolute Gasteiger partial charge is 0.455 e. The number of hydrogen-bond acceptors (Lipinski definition) is 7. The molecule has 0 aliphatic carbocycles. The first-order valence-corrected chi connectivity index (χ1v) is 27.6. The van der Waals surface area contributed by atoms with Gasteiger partial charge in [-0.05, 0) is 79.6 Å². The number of rotatable bonds is 10. The molecule has 13 rings (SSSR count). The maximum atomic E-state index is 7.56. The van der Waals surface area contributed by atoms with E-state index in [0.717, 1.165) is 99.8 Å². The Labute approximate surface area is 472 Å².